The zero-order valence-corrected chi connectivity index (χ0v) is 11.5. The predicted molar refractivity (Wildman–Crippen MR) is 75.3 cm³/mol. The first-order valence-corrected chi connectivity index (χ1v) is 6.41. The Balaban J connectivity index is 2.02. The lowest BCUT2D eigenvalue weighted by Crippen LogP contribution is -2.19. The molecule has 1 atom stereocenters. The number of ether oxygens (including phenoxy) is 1. The summed E-state index contributed by atoms with van der Waals surface area (Å²) < 4.78 is 18.3. The Bertz CT molecular complexity index is 560. The molecule has 0 aromatic heterocycles. The number of hydrogen-bond donors (Lipinski definition) is 1. The van der Waals surface area contributed by atoms with Crippen LogP contribution in [0.3, 0.4) is 0 Å². The first-order chi connectivity index (χ1) is 9.06. The first kappa shape index (κ1) is 14.1. The van der Waals surface area contributed by atoms with E-state index in [1.165, 1.54) is 12.1 Å². The molecule has 0 saturated heterocycles. The van der Waals surface area contributed by atoms with Crippen molar-refractivity contribution in [3.8, 4) is 5.75 Å². The summed E-state index contributed by atoms with van der Waals surface area (Å²) in [6.07, 6.45) is 0. The number of hydrogen-bond acceptors (Lipinski definition) is 2. The Morgan fingerprint density at radius 1 is 1.11 bits per heavy atom. The molecule has 0 bridgehead atoms. The lowest BCUT2D eigenvalue weighted by atomic mass is 10.1. The number of nitrogens with two attached hydrogens (primary N) is 1. The highest BCUT2D eigenvalue weighted by molar-refractivity contribution is 6.34. The monoisotopic (exact) mass is 299 g/mol. The largest absolute Gasteiger partial charge is 0.490 e. The van der Waals surface area contributed by atoms with Crippen LogP contribution in [0.15, 0.2) is 42.5 Å². The van der Waals surface area contributed by atoms with E-state index in [1.54, 1.807) is 30.3 Å². The van der Waals surface area contributed by atoms with Gasteiger partial charge < -0.3 is 10.5 Å². The van der Waals surface area contributed by atoms with Crippen LogP contribution in [0.1, 0.15) is 11.6 Å². The minimum Gasteiger partial charge on any atom is -0.490 e. The number of benzene rings is 2. The van der Waals surface area contributed by atoms with Crippen molar-refractivity contribution in [1.29, 1.82) is 0 Å². The third kappa shape index (κ3) is 3.83. The fourth-order valence-electron chi connectivity index (χ4n) is 1.57. The van der Waals surface area contributed by atoms with Crippen molar-refractivity contribution in [3.05, 3.63) is 63.9 Å². The topological polar surface area (TPSA) is 35.2 Å². The molecule has 2 aromatic carbocycles. The van der Waals surface area contributed by atoms with Gasteiger partial charge in [-0.2, -0.15) is 0 Å². The summed E-state index contributed by atoms with van der Waals surface area (Å²) in [5, 5.41) is 1.01. The van der Waals surface area contributed by atoms with Crippen molar-refractivity contribution in [2.24, 2.45) is 5.73 Å². The summed E-state index contributed by atoms with van der Waals surface area (Å²) in [4.78, 5) is 0. The lowest BCUT2D eigenvalue weighted by molar-refractivity contribution is 0.291. The molecule has 0 radical (unpaired) electrons. The van der Waals surface area contributed by atoms with Crippen molar-refractivity contribution >= 4 is 23.2 Å². The zero-order valence-electron chi connectivity index (χ0n) is 9.95. The van der Waals surface area contributed by atoms with E-state index in [2.05, 4.69) is 0 Å². The molecular formula is C14H12Cl2FNO. The highest BCUT2D eigenvalue weighted by Crippen LogP contribution is 2.28. The van der Waals surface area contributed by atoms with Crippen molar-refractivity contribution in [2.45, 2.75) is 6.04 Å². The molecule has 100 valence electrons. The summed E-state index contributed by atoms with van der Waals surface area (Å²) in [7, 11) is 0. The maximum atomic E-state index is 12.8. The summed E-state index contributed by atoms with van der Waals surface area (Å²) in [6, 6.07) is 10.6. The van der Waals surface area contributed by atoms with Crippen LogP contribution in [0.2, 0.25) is 10.0 Å². The molecule has 0 amide bonds. The first-order valence-electron chi connectivity index (χ1n) is 5.65. The van der Waals surface area contributed by atoms with E-state index >= 15 is 0 Å². The smallest absolute Gasteiger partial charge is 0.139 e. The standard InChI is InChI=1S/C14H12Cl2FNO/c15-10-3-6-12(16)14(7-10)19-8-13(18)9-1-4-11(17)5-2-9/h1-7,13H,8,18H2. The van der Waals surface area contributed by atoms with E-state index in [0.29, 0.717) is 15.8 Å². The number of rotatable bonds is 4. The molecule has 19 heavy (non-hydrogen) atoms. The fourth-order valence-corrected chi connectivity index (χ4v) is 1.91. The highest BCUT2D eigenvalue weighted by atomic mass is 35.5. The van der Waals surface area contributed by atoms with E-state index in [0.717, 1.165) is 5.56 Å². The van der Waals surface area contributed by atoms with Gasteiger partial charge in [-0.1, -0.05) is 35.3 Å². The molecule has 1 unspecified atom stereocenters. The number of halogens is 3. The van der Waals surface area contributed by atoms with Crippen LogP contribution in [0.5, 0.6) is 5.75 Å². The molecule has 0 fully saturated rings. The van der Waals surface area contributed by atoms with Crippen molar-refractivity contribution in [3.63, 3.8) is 0 Å². The average molecular weight is 300 g/mol. The molecule has 2 aromatic rings. The van der Waals surface area contributed by atoms with Crippen molar-refractivity contribution in [1.82, 2.24) is 0 Å². The van der Waals surface area contributed by atoms with Gasteiger partial charge in [0.25, 0.3) is 0 Å². The van der Waals surface area contributed by atoms with Gasteiger partial charge in [0.05, 0.1) is 11.1 Å². The van der Waals surface area contributed by atoms with Gasteiger partial charge in [0.2, 0.25) is 0 Å². The van der Waals surface area contributed by atoms with Gasteiger partial charge in [-0.05, 0) is 29.8 Å². The molecular weight excluding hydrogens is 288 g/mol. The van der Waals surface area contributed by atoms with E-state index < -0.39 is 0 Å². The Morgan fingerprint density at radius 2 is 1.79 bits per heavy atom. The van der Waals surface area contributed by atoms with Crippen LogP contribution < -0.4 is 10.5 Å². The van der Waals surface area contributed by atoms with Crippen LogP contribution in [0, 0.1) is 5.82 Å². The third-order valence-corrected chi connectivity index (χ3v) is 3.16. The van der Waals surface area contributed by atoms with Gasteiger partial charge >= 0.3 is 0 Å². The highest BCUT2D eigenvalue weighted by Gasteiger charge is 2.09. The Labute approximate surface area is 120 Å². The fraction of sp³-hybridized carbons (Fsp3) is 0.143. The minimum atomic E-state index is -0.365. The Hall–Kier alpha value is -1.29. The Kier molecular flexibility index (Phi) is 4.64. The van der Waals surface area contributed by atoms with Gasteiger partial charge in [-0.3, -0.25) is 0 Å². The summed E-state index contributed by atoms with van der Waals surface area (Å²) in [5.41, 5.74) is 6.75. The molecule has 0 aliphatic heterocycles. The normalized spacial score (nSPS) is 12.2. The van der Waals surface area contributed by atoms with Gasteiger partial charge in [-0.25, -0.2) is 4.39 Å². The van der Waals surface area contributed by atoms with E-state index in [-0.39, 0.29) is 18.5 Å². The van der Waals surface area contributed by atoms with E-state index in [4.69, 9.17) is 33.7 Å². The van der Waals surface area contributed by atoms with Crippen LogP contribution in [0.4, 0.5) is 4.39 Å². The zero-order chi connectivity index (χ0) is 13.8. The van der Waals surface area contributed by atoms with Gasteiger partial charge in [0.1, 0.15) is 18.2 Å². The Morgan fingerprint density at radius 3 is 2.47 bits per heavy atom. The summed E-state index contributed by atoms with van der Waals surface area (Å²) in [5.74, 6) is 0.182. The summed E-state index contributed by atoms with van der Waals surface area (Å²) >= 11 is 11.8. The molecule has 0 saturated carbocycles. The SMILES string of the molecule is NC(COc1cc(Cl)ccc1Cl)c1ccc(F)cc1. The minimum absolute atomic E-state index is 0.228. The molecule has 0 heterocycles. The molecule has 2 rings (SSSR count). The molecule has 5 heteroatoms. The maximum Gasteiger partial charge on any atom is 0.139 e. The summed E-state index contributed by atoms with van der Waals surface area (Å²) in [6.45, 7) is 0.228. The van der Waals surface area contributed by atoms with E-state index in [9.17, 15) is 4.39 Å². The lowest BCUT2D eigenvalue weighted by Gasteiger charge is -2.14. The van der Waals surface area contributed by atoms with Crippen LogP contribution in [-0.4, -0.2) is 6.61 Å². The average Bonchev–Trinajstić information content (AvgIpc) is 2.40. The van der Waals surface area contributed by atoms with Crippen molar-refractivity contribution in [2.75, 3.05) is 6.61 Å². The van der Waals surface area contributed by atoms with Gasteiger partial charge in [0.15, 0.2) is 0 Å². The second-order valence-electron chi connectivity index (χ2n) is 4.04. The van der Waals surface area contributed by atoms with Crippen LogP contribution >= 0.6 is 23.2 Å². The maximum absolute atomic E-state index is 12.8. The molecule has 2 N–H and O–H groups in total. The molecule has 0 aliphatic rings. The van der Waals surface area contributed by atoms with Gasteiger partial charge in [0, 0.05) is 11.1 Å². The quantitative estimate of drug-likeness (QED) is 0.918. The van der Waals surface area contributed by atoms with E-state index in [1.807, 2.05) is 0 Å². The second-order valence-corrected chi connectivity index (χ2v) is 4.89. The van der Waals surface area contributed by atoms with Crippen LogP contribution in [0.25, 0.3) is 0 Å². The van der Waals surface area contributed by atoms with Gasteiger partial charge in [-0.15, -0.1) is 0 Å². The predicted octanol–water partition coefficient (Wildman–Crippen LogP) is 4.21. The molecule has 0 spiro atoms. The van der Waals surface area contributed by atoms with Crippen LogP contribution in [-0.2, 0) is 0 Å². The van der Waals surface area contributed by atoms with Crippen molar-refractivity contribution < 1.29 is 9.13 Å². The molecule has 0 aliphatic carbocycles. The second kappa shape index (κ2) is 6.24. The molecule has 2 nitrogen and oxygen atoms in total. The third-order valence-electron chi connectivity index (χ3n) is 2.61.